The van der Waals surface area contributed by atoms with E-state index in [9.17, 15) is 5.11 Å². The molecule has 1 aromatic rings. The summed E-state index contributed by atoms with van der Waals surface area (Å²) in [5.41, 5.74) is 1.35. The summed E-state index contributed by atoms with van der Waals surface area (Å²) in [6, 6.07) is 10.6. The first-order chi connectivity index (χ1) is 7.74. The van der Waals surface area contributed by atoms with Crippen LogP contribution in [0.4, 0.5) is 0 Å². The SMILES string of the molecule is C[C@@H]1C=C[C@H](C)[C@@H](CO)[C@H]1c1ccccc1. The molecular weight excluding hydrogens is 196 g/mol. The van der Waals surface area contributed by atoms with Gasteiger partial charge in [-0.25, -0.2) is 0 Å². The summed E-state index contributed by atoms with van der Waals surface area (Å²) in [4.78, 5) is 0. The van der Waals surface area contributed by atoms with Crippen molar-refractivity contribution in [3.63, 3.8) is 0 Å². The molecule has 1 aliphatic rings. The summed E-state index contributed by atoms with van der Waals surface area (Å²) in [5, 5.41) is 9.58. The number of aliphatic hydroxyl groups is 1. The second-order valence-corrected chi connectivity index (χ2v) is 4.89. The van der Waals surface area contributed by atoms with Crippen molar-refractivity contribution in [2.45, 2.75) is 19.8 Å². The molecule has 0 saturated heterocycles. The van der Waals surface area contributed by atoms with E-state index in [4.69, 9.17) is 0 Å². The summed E-state index contributed by atoms with van der Waals surface area (Å²) < 4.78 is 0. The van der Waals surface area contributed by atoms with E-state index in [1.54, 1.807) is 0 Å². The quantitative estimate of drug-likeness (QED) is 0.753. The predicted octanol–water partition coefficient (Wildman–Crippen LogP) is 3.22. The molecule has 0 aliphatic heterocycles. The molecule has 4 atom stereocenters. The zero-order valence-electron chi connectivity index (χ0n) is 10.0. The zero-order chi connectivity index (χ0) is 11.5. The van der Waals surface area contributed by atoms with Crippen molar-refractivity contribution in [1.82, 2.24) is 0 Å². The molecule has 2 rings (SSSR count). The topological polar surface area (TPSA) is 20.2 Å². The number of aliphatic hydroxyl groups excluding tert-OH is 1. The fourth-order valence-corrected chi connectivity index (χ4v) is 2.84. The van der Waals surface area contributed by atoms with Crippen LogP contribution in [0.3, 0.4) is 0 Å². The molecule has 0 bridgehead atoms. The third-order valence-corrected chi connectivity index (χ3v) is 3.82. The Balaban J connectivity index is 2.34. The number of rotatable bonds is 2. The second-order valence-electron chi connectivity index (χ2n) is 4.89. The average molecular weight is 216 g/mol. The van der Waals surface area contributed by atoms with Gasteiger partial charge in [0, 0.05) is 6.61 Å². The molecule has 0 saturated carbocycles. The summed E-state index contributed by atoms with van der Waals surface area (Å²) in [5.74, 6) is 1.77. The van der Waals surface area contributed by atoms with Gasteiger partial charge in [-0.15, -0.1) is 0 Å². The van der Waals surface area contributed by atoms with Crippen LogP contribution in [-0.4, -0.2) is 11.7 Å². The van der Waals surface area contributed by atoms with E-state index in [-0.39, 0.29) is 6.61 Å². The van der Waals surface area contributed by atoms with Crippen LogP contribution >= 0.6 is 0 Å². The molecule has 1 heteroatoms. The first kappa shape index (κ1) is 11.4. The van der Waals surface area contributed by atoms with Gasteiger partial charge in [0.05, 0.1) is 0 Å². The lowest BCUT2D eigenvalue weighted by molar-refractivity contribution is 0.153. The monoisotopic (exact) mass is 216 g/mol. The highest BCUT2D eigenvalue weighted by Gasteiger charge is 2.32. The van der Waals surface area contributed by atoms with Gasteiger partial charge in [-0.3, -0.25) is 0 Å². The maximum atomic E-state index is 9.58. The zero-order valence-corrected chi connectivity index (χ0v) is 10.0. The first-order valence-electron chi connectivity index (χ1n) is 6.08. The lowest BCUT2D eigenvalue weighted by Crippen LogP contribution is -2.30. The van der Waals surface area contributed by atoms with Crippen molar-refractivity contribution in [2.24, 2.45) is 17.8 Å². The van der Waals surface area contributed by atoms with Crippen LogP contribution in [0.1, 0.15) is 25.3 Å². The van der Waals surface area contributed by atoms with Crippen LogP contribution in [0.5, 0.6) is 0 Å². The summed E-state index contributed by atoms with van der Waals surface area (Å²) >= 11 is 0. The Hall–Kier alpha value is -1.08. The van der Waals surface area contributed by atoms with E-state index < -0.39 is 0 Å². The van der Waals surface area contributed by atoms with Crippen LogP contribution in [0.25, 0.3) is 0 Å². The van der Waals surface area contributed by atoms with E-state index >= 15 is 0 Å². The Kier molecular flexibility index (Phi) is 3.45. The van der Waals surface area contributed by atoms with Gasteiger partial charge in [0.1, 0.15) is 0 Å². The van der Waals surface area contributed by atoms with Gasteiger partial charge < -0.3 is 5.11 Å². The third-order valence-electron chi connectivity index (χ3n) is 3.82. The molecule has 1 nitrogen and oxygen atoms in total. The molecule has 0 fully saturated rings. The molecule has 0 aromatic heterocycles. The Morgan fingerprint density at radius 2 is 1.62 bits per heavy atom. The van der Waals surface area contributed by atoms with Crippen molar-refractivity contribution in [2.75, 3.05) is 6.61 Å². The molecule has 86 valence electrons. The highest BCUT2D eigenvalue weighted by molar-refractivity contribution is 5.25. The van der Waals surface area contributed by atoms with Gasteiger partial charge in [-0.1, -0.05) is 56.3 Å². The fraction of sp³-hybridized carbons (Fsp3) is 0.467. The molecule has 0 radical (unpaired) electrons. The molecule has 1 N–H and O–H groups in total. The Bertz CT molecular complexity index is 355. The molecule has 16 heavy (non-hydrogen) atoms. The Labute approximate surface area is 97.8 Å². The minimum atomic E-state index is 0.273. The van der Waals surface area contributed by atoms with Gasteiger partial charge in [-0.2, -0.15) is 0 Å². The van der Waals surface area contributed by atoms with E-state index in [1.807, 2.05) is 6.07 Å². The van der Waals surface area contributed by atoms with Crippen LogP contribution in [0.2, 0.25) is 0 Å². The standard InChI is InChI=1S/C15H20O/c1-11-8-9-12(2)15(14(11)10-16)13-6-4-3-5-7-13/h3-9,11-12,14-16H,10H2,1-2H3/t11-,12+,14+,15+/m0/s1. The fourth-order valence-electron chi connectivity index (χ4n) is 2.84. The van der Waals surface area contributed by atoms with Crippen LogP contribution in [0, 0.1) is 17.8 Å². The van der Waals surface area contributed by atoms with Crippen molar-refractivity contribution >= 4 is 0 Å². The molecule has 1 aromatic carbocycles. The van der Waals surface area contributed by atoms with Crippen molar-refractivity contribution in [3.8, 4) is 0 Å². The molecule has 1 aliphatic carbocycles. The van der Waals surface area contributed by atoms with Crippen LogP contribution in [-0.2, 0) is 0 Å². The lowest BCUT2D eigenvalue weighted by atomic mass is 9.69. The Morgan fingerprint density at radius 3 is 2.25 bits per heavy atom. The van der Waals surface area contributed by atoms with E-state index in [0.29, 0.717) is 23.7 Å². The lowest BCUT2D eigenvalue weighted by Gasteiger charge is -2.36. The molecule has 0 unspecified atom stereocenters. The maximum absolute atomic E-state index is 9.58. The number of hydrogen-bond acceptors (Lipinski definition) is 1. The van der Waals surface area contributed by atoms with Gasteiger partial charge in [-0.05, 0) is 29.2 Å². The highest BCUT2D eigenvalue weighted by atomic mass is 16.3. The molecule has 0 heterocycles. The van der Waals surface area contributed by atoms with Crippen LogP contribution < -0.4 is 0 Å². The van der Waals surface area contributed by atoms with Gasteiger partial charge in [0.15, 0.2) is 0 Å². The number of benzene rings is 1. The van der Waals surface area contributed by atoms with E-state index in [1.165, 1.54) is 5.56 Å². The largest absolute Gasteiger partial charge is 0.396 e. The molecular formula is C15H20O. The maximum Gasteiger partial charge on any atom is 0.0470 e. The highest BCUT2D eigenvalue weighted by Crippen LogP contribution is 2.40. The number of hydrogen-bond donors (Lipinski definition) is 1. The minimum Gasteiger partial charge on any atom is -0.396 e. The van der Waals surface area contributed by atoms with Crippen LogP contribution in [0.15, 0.2) is 42.5 Å². The van der Waals surface area contributed by atoms with Crippen molar-refractivity contribution in [1.29, 1.82) is 0 Å². The molecule has 0 spiro atoms. The minimum absolute atomic E-state index is 0.273. The third kappa shape index (κ3) is 2.05. The summed E-state index contributed by atoms with van der Waals surface area (Å²) in [6.07, 6.45) is 4.53. The van der Waals surface area contributed by atoms with E-state index in [0.717, 1.165) is 0 Å². The number of allylic oxidation sites excluding steroid dienone is 2. The smallest absolute Gasteiger partial charge is 0.0470 e. The van der Waals surface area contributed by atoms with Gasteiger partial charge in [0.2, 0.25) is 0 Å². The van der Waals surface area contributed by atoms with Gasteiger partial charge >= 0.3 is 0 Å². The average Bonchev–Trinajstić information content (AvgIpc) is 2.33. The predicted molar refractivity (Wildman–Crippen MR) is 67.2 cm³/mol. The Morgan fingerprint density at radius 1 is 1.00 bits per heavy atom. The van der Waals surface area contributed by atoms with E-state index in [2.05, 4.69) is 50.3 Å². The first-order valence-corrected chi connectivity index (χ1v) is 6.08. The van der Waals surface area contributed by atoms with Crippen molar-refractivity contribution in [3.05, 3.63) is 48.0 Å². The second kappa shape index (κ2) is 4.84. The summed E-state index contributed by atoms with van der Waals surface area (Å²) in [6.45, 7) is 4.71. The molecule has 0 amide bonds. The normalized spacial score (nSPS) is 33.9. The summed E-state index contributed by atoms with van der Waals surface area (Å²) in [7, 11) is 0. The van der Waals surface area contributed by atoms with Crippen molar-refractivity contribution < 1.29 is 5.11 Å². The van der Waals surface area contributed by atoms with Gasteiger partial charge in [0.25, 0.3) is 0 Å².